The third-order valence-electron chi connectivity index (χ3n) is 12.4. The highest BCUT2D eigenvalue weighted by molar-refractivity contribution is 6.13. The first-order valence-electron chi connectivity index (χ1n) is 22.5. The van der Waals surface area contributed by atoms with E-state index in [1.54, 1.807) is 53.6 Å². The van der Waals surface area contributed by atoms with Crippen molar-refractivity contribution in [3.8, 4) is 28.7 Å². The molecule has 0 bridgehead atoms. The zero-order valence-corrected chi connectivity index (χ0v) is 37.9. The number of aliphatic imine (C=N–C) groups is 2. The van der Waals surface area contributed by atoms with Crippen LogP contribution in [0.25, 0.3) is 11.1 Å². The van der Waals surface area contributed by atoms with Crippen molar-refractivity contribution in [1.29, 1.82) is 0 Å². The number of benzene rings is 4. The lowest BCUT2D eigenvalue weighted by Gasteiger charge is -2.19. The molecular formula is C52H50N6O10. The van der Waals surface area contributed by atoms with Gasteiger partial charge < -0.3 is 38.8 Å². The number of hydrogen-bond donors (Lipinski definition) is 1. The Labute approximate surface area is 393 Å². The van der Waals surface area contributed by atoms with Crippen LogP contribution in [0, 0.1) is 0 Å². The van der Waals surface area contributed by atoms with Crippen molar-refractivity contribution in [2.75, 3.05) is 46.4 Å². The summed E-state index contributed by atoms with van der Waals surface area (Å²) in [7, 11) is 4.67. The third kappa shape index (κ3) is 9.47. The average molecular weight is 919 g/mol. The Hall–Kier alpha value is -8.01. The summed E-state index contributed by atoms with van der Waals surface area (Å²) in [4.78, 5) is 78.1. The van der Waals surface area contributed by atoms with Crippen LogP contribution in [0.4, 0.5) is 17.1 Å². The summed E-state index contributed by atoms with van der Waals surface area (Å²) in [5, 5.41) is 2.96. The molecule has 5 aliphatic heterocycles. The van der Waals surface area contributed by atoms with Gasteiger partial charge in [0.1, 0.15) is 5.75 Å². The molecule has 5 heterocycles. The van der Waals surface area contributed by atoms with Crippen LogP contribution in [0.5, 0.6) is 28.7 Å². The Morgan fingerprint density at radius 3 is 1.76 bits per heavy atom. The second kappa shape index (κ2) is 19.8. The van der Waals surface area contributed by atoms with Crippen LogP contribution in [-0.4, -0.2) is 110 Å². The molecule has 68 heavy (non-hydrogen) atoms. The quantitative estimate of drug-likeness (QED) is 0.0762. The van der Waals surface area contributed by atoms with E-state index in [2.05, 4.69) is 5.32 Å². The number of nitrogens with one attached hydrogen (secondary N) is 1. The molecule has 16 nitrogen and oxygen atoms in total. The van der Waals surface area contributed by atoms with E-state index in [-0.39, 0.29) is 54.8 Å². The van der Waals surface area contributed by atoms with Crippen LogP contribution < -0.4 is 29.0 Å². The largest absolute Gasteiger partial charge is 0.497 e. The summed E-state index contributed by atoms with van der Waals surface area (Å²) in [5.41, 5.74) is 6.23. The second-order valence-electron chi connectivity index (χ2n) is 16.8. The number of nitrogens with zero attached hydrogens (tertiary/aromatic N) is 5. The summed E-state index contributed by atoms with van der Waals surface area (Å²) in [5.74, 6) is 1.31. The van der Waals surface area contributed by atoms with E-state index in [4.69, 9.17) is 33.7 Å². The van der Waals surface area contributed by atoms with Crippen LogP contribution in [0.3, 0.4) is 0 Å². The lowest BCUT2D eigenvalue weighted by Crippen LogP contribution is -2.32. The van der Waals surface area contributed by atoms with Crippen molar-refractivity contribution in [3.05, 3.63) is 120 Å². The number of rotatable bonds is 18. The normalized spacial score (nSPS) is 17.8. The molecule has 4 aromatic rings. The number of unbranched alkanes of at least 4 members (excludes halogenated alkanes) is 2. The highest BCUT2D eigenvalue weighted by Gasteiger charge is 2.35. The molecule has 0 spiro atoms. The van der Waals surface area contributed by atoms with Crippen molar-refractivity contribution >= 4 is 70.2 Å². The SMILES string of the molecule is COc1ccc(C2=CN3C(=O)c4cc(OC)c(OCCCOc5cc6c(cc5OC)C(=O)N5C=C(c7cccc(NC(=O)CCCCCN8C(=O)C=CC8=O)c7)C[C@H]5C=N6)cc4N=C[C@@H]3C2)cc1. The van der Waals surface area contributed by atoms with Crippen LogP contribution in [0.2, 0.25) is 0 Å². The maximum absolute atomic E-state index is 14.0. The molecule has 0 saturated heterocycles. The number of ether oxygens (including phenoxy) is 5. The van der Waals surface area contributed by atoms with Gasteiger partial charge in [0.05, 0.1) is 69.1 Å². The number of imide groups is 1. The lowest BCUT2D eigenvalue weighted by atomic mass is 10.0. The van der Waals surface area contributed by atoms with Gasteiger partial charge in [-0.2, -0.15) is 0 Å². The Balaban J connectivity index is 0.778. The van der Waals surface area contributed by atoms with Crippen LogP contribution in [0.15, 0.2) is 107 Å². The minimum Gasteiger partial charge on any atom is -0.497 e. The van der Waals surface area contributed by atoms with Gasteiger partial charge in [0, 0.05) is 87.0 Å². The minimum absolute atomic E-state index is 0.132. The van der Waals surface area contributed by atoms with Gasteiger partial charge in [0.25, 0.3) is 23.6 Å². The van der Waals surface area contributed by atoms with E-state index in [1.165, 1.54) is 31.3 Å². The Kier molecular flexibility index (Phi) is 13.2. The molecule has 2 atom stereocenters. The first-order valence-corrected chi connectivity index (χ1v) is 22.5. The predicted octanol–water partition coefficient (Wildman–Crippen LogP) is 7.93. The number of amides is 5. The molecule has 0 aromatic heterocycles. The number of fused-ring (bicyclic) bond motifs is 4. The molecule has 348 valence electrons. The van der Waals surface area contributed by atoms with Crippen LogP contribution in [-0.2, 0) is 14.4 Å². The summed E-state index contributed by atoms with van der Waals surface area (Å²) >= 11 is 0. The molecule has 0 radical (unpaired) electrons. The minimum atomic E-state index is -0.321. The average Bonchev–Trinajstić information content (AvgIpc) is 4.04. The fourth-order valence-electron chi connectivity index (χ4n) is 8.77. The van der Waals surface area contributed by atoms with Gasteiger partial charge in [-0.1, -0.05) is 30.7 Å². The molecule has 1 N–H and O–H groups in total. The first kappa shape index (κ1) is 45.2. The van der Waals surface area contributed by atoms with Gasteiger partial charge >= 0.3 is 0 Å². The van der Waals surface area contributed by atoms with E-state index in [0.29, 0.717) is 103 Å². The summed E-state index contributed by atoms with van der Waals surface area (Å²) in [6, 6.07) is 21.5. The molecule has 5 aliphatic rings. The van der Waals surface area contributed by atoms with Crippen molar-refractivity contribution < 1.29 is 47.7 Å². The van der Waals surface area contributed by atoms with Gasteiger partial charge in [-0.15, -0.1) is 0 Å². The zero-order chi connectivity index (χ0) is 47.3. The molecular weight excluding hydrogens is 869 g/mol. The topological polar surface area (TPSA) is 178 Å². The maximum Gasteiger partial charge on any atom is 0.260 e. The predicted molar refractivity (Wildman–Crippen MR) is 255 cm³/mol. The smallest absolute Gasteiger partial charge is 0.260 e. The van der Waals surface area contributed by atoms with E-state index < -0.39 is 0 Å². The van der Waals surface area contributed by atoms with Crippen molar-refractivity contribution in [2.24, 2.45) is 9.98 Å². The monoisotopic (exact) mass is 918 g/mol. The third-order valence-corrected chi connectivity index (χ3v) is 12.4. The molecule has 0 fully saturated rings. The fraction of sp³-hybridized carbons (Fsp3) is 0.288. The van der Waals surface area contributed by atoms with Gasteiger partial charge in [-0.05, 0) is 71.5 Å². The van der Waals surface area contributed by atoms with E-state index in [9.17, 15) is 24.0 Å². The van der Waals surface area contributed by atoms with Gasteiger partial charge in [0.2, 0.25) is 5.91 Å². The van der Waals surface area contributed by atoms with E-state index >= 15 is 0 Å². The van der Waals surface area contributed by atoms with E-state index in [0.717, 1.165) is 28.0 Å². The summed E-state index contributed by atoms with van der Waals surface area (Å²) in [6.45, 7) is 0.874. The van der Waals surface area contributed by atoms with Gasteiger partial charge in [-0.3, -0.25) is 38.9 Å². The molecule has 16 heteroatoms. The van der Waals surface area contributed by atoms with Crippen LogP contribution >= 0.6 is 0 Å². The molecule has 9 rings (SSSR count). The molecule has 4 aromatic carbocycles. The molecule has 0 aliphatic carbocycles. The summed E-state index contributed by atoms with van der Waals surface area (Å²) < 4.78 is 28.9. The number of carbonyl (C=O) groups excluding carboxylic acids is 5. The Bertz CT molecular complexity index is 2810. The summed E-state index contributed by atoms with van der Waals surface area (Å²) in [6.07, 6.45) is 13.7. The van der Waals surface area contributed by atoms with Crippen molar-refractivity contribution in [1.82, 2.24) is 14.7 Å². The van der Waals surface area contributed by atoms with Crippen molar-refractivity contribution in [2.45, 2.75) is 57.0 Å². The Morgan fingerprint density at radius 2 is 1.21 bits per heavy atom. The highest BCUT2D eigenvalue weighted by atomic mass is 16.5. The number of anilines is 1. The van der Waals surface area contributed by atoms with Crippen LogP contribution in [0.1, 0.15) is 76.8 Å². The highest BCUT2D eigenvalue weighted by Crippen LogP contribution is 2.42. The van der Waals surface area contributed by atoms with Gasteiger partial charge in [-0.25, -0.2) is 0 Å². The lowest BCUT2D eigenvalue weighted by molar-refractivity contribution is -0.136. The first-order chi connectivity index (χ1) is 33.1. The molecule has 0 unspecified atom stereocenters. The number of hydrogen-bond acceptors (Lipinski definition) is 12. The van der Waals surface area contributed by atoms with Gasteiger partial charge in [0.15, 0.2) is 23.0 Å². The number of methoxy groups -OCH3 is 3. The van der Waals surface area contributed by atoms with E-state index in [1.807, 2.05) is 60.9 Å². The second-order valence-corrected chi connectivity index (χ2v) is 16.8. The zero-order valence-electron chi connectivity index (χ0n) is 37.9. The number of carbonyl (C=O) groups is 5. The molecule has 5 amide bonds. The Morgan fingerprint density at radius 1 is 0.632 bits per heavy atom. The molecule has 0 saturated carbocycles. The maximum atomic E-state index is 14.0. The fourth-order valence-corrected chi connectivity index (χ4v) is 8.77. The standard InChI is InChI=1S/C52H50N6O10/c1-64-39-14-12-32(13-15-39)34-22-37-28-53-42-26-46(44(65-2)24-40(42)51(62)57(37)30-34)67-19-8-20-68-47-27-43-41(25-45(47)66-3)52(63)58-31-35(23-38(58)29-54-43)33-9-7-10-36(21-33)55-48(59)11-5-4-6-18-56-49(60)16-17-50(56)61/h7,9-10,12-17,21,24-31,37-38H,4-6,8,11,18-20,22-23H2,1-3H3,(H,55,59)/t37-,38-/m0/s1. The van der Waals surface area contributed by atoms with Crippen molar-refractivity contribution in [3.63, 3.8) is 0 Å².